The number of anilines is 1. The molecule has 1 fully saturated rings. The highest BCUT2D eigenvalue weighted by molar-refractivity contribution is 5.91. The lowest BCUT2D eigenvalue weighted by molar-refractivity contribution is -0.130. The average molecular weight is 476 g/mol. The van der Waals surface area contributed by atoms with Crippen LogP contribution in [0.1, 0.15) is 18.1 Å². The number of para-hydroxylation sites is 1. The zero-order valence-corrected chi connectivity index (χ0v) is 18.5. The molecule has 1 aromatic heterocycles. The normalized spacial score (nSPS) is 16.4. The van der Waals surface area contributed by atoms with Gasteiger partial charge in [-0.3, -0.25) is 4.79 Å². The third-order valence-corrected chi connectivity index (χ3v) is 6.05. The van der Waals surface area contributed by atoms with E-state index < -0.39 is 23.6 Å². The Morgan fingerprint density at radius 3 is 2.54 bits per heavy atom. The minimum atomic E-state index is -1.42. The van der Waals surface area contributed by atoms with Gasteiger partial charge in [-0.2, -0.15) is 0 Å². The van der Waals surface area contributed by atoms with Gasteiger partial charge in [-0.1, -0.05) is 24.3 Å². The number of aromatic nitrogens is 2. The summed E-state index contributed by atoms with van der Waals surface area (Å²) in [5, 5.41) is 24.0. The van der Waals surface area contributed by atoms with Crippen molar-refractivity contribution in [3.8, 4) is 17.1 Å². The van der Waals surface area contributed by atoms with Crippen molar-refractivity contribution in [3.63, 3.8) is 0 Å². The number of carbonyl (C=O) groups excluding carboxylic acids is 1. The maximum atomic E-state index is 14.1. The van der Waals surface area contributed by atoms with Crippen molar-refractivity contribution >= 4 is 22.6 Å². The molecule has 7 nitrogen and oxygen atoms in total. The molecule has 35 heavy (non-hydrogen) atoms. The molecular formula is C26H22F2N4O3. The van der Waals surface area contributed by atoms with Gasteiger partial charge in [0.2, 0.25) is 0 Å². The van der Waals surface area contributed by atoms with E-state index in [9.17, 15) is 23.8 Å². The molecule has 1 saturated heterocycles. The van der Waals surface area contributed by atoms with Crippen LogP contribution in [-0.2, 0) is 4.79 Å². The van der Waals surface area contributed by atoms with Gasteiger partial charge in [0.25, 0.3) is 5.91 Å². The van der Waals surface area contributed by atoms with Gasteiger partial charge < -0.3 is 20.4 Å². The number of carbonyl (C=O) groups is 1. The van der Waals surface area contributed by atoms with E-state index in [1.165, 1.54) is 36.4 Å². The maximum Gasteiger partial charge on any atom is 0.253 e. The molecule has 2 unspecified atom stereocenters. The molecule has 1 amide bonds. The smallest absolute Gasteiger partial charge is 0.253 e. The number of fused-ring (bicyclic) bond motifs is 1. The van der Waals surface area contributed by atoms with Crippen molar-refractivity contribution in [2.45, 2.75) is 18.6 Å². The van der Waals surface area contributed by atoms with Gasteiger partial charge in [0, 0.05) is 24.5 Å². The third-order valence-electron chi connectivity index (χ3n) is 6.05. The first-order valence-electron chi connectivity index (χ1n) is 11.1. The third kappa shape index (κ3) is 4.63. The number of phenolic OH excluding ortho intramolecular Hbond substituents is 1. The number of halogens is 2. The molecule has 0 saturated carbocycles. The van der Waals surface area contributed by atoms with E-state index in [1.54, 1.807) is 30.3 Å². The van der Waals surface area contributed by atoms with Gasteiger partial charge in [-0.05, 0) is 54.4 Å². The Morgan fingerprint density at radius 1 is 1.03 bits per heavy atom. The summed E-state index contributed by atoms with van der Waals surface area (Å²) < 4.78 is 27.2. The molecular weight excluding hydrogens is 454 g/mol. The van der Waals surface area contributed by atoms with E-state index in [4.69, 9.17) is 0 Å². The van der Waals surface area contributed by atoms with Crippen LogP contribution in [0.3, 0.4) is 0 Å². The highest BCUT2D eigenvalue weighted by atomic mass is 19.1. The molecule has 4 aromatic rings. The van der Waals surface area contributed by atoms with Crippen LogP contribution in [0.2, 0.25) is 0 Å². The largest absolute Gasteiger partial charge is 0.507 e. The molecule has 1 aliphatic rings. The Labute approximate surface area is 199 Å². The first-order valence-corrected chi connectivity index (χ1v) is 11.1. The van der Waals surface area contributed by atoms with Gasteiger partial charge in [-0.15, -0.1) is 0 Å². The summed E-state index contributed by atoms with van der Waals surface area (Å²) in [5.41, 5.74) is 1.27. The Hall–Kier alpha value is -4.11. The first-order chi connectivity index (χ1) is 16.9. The molecule has 0 spiro atoms. The van der Waals surface area contributed by atoms with Crippen LogP contribution in [0.5, 0.6) is 5.75 Å². The van der Waals surface area contributed by atoms with E-state index in [0.717, 1.165) is 0 Å². The number of amides is 1. The fraction of sp³-hybridized carbons (Fsp3) is 0.192. The predicted octanol–water partition coefficient (Wildman–Crippen LogP) is 3.71. The number of aliphatic hydroxyl groups is 1. The Morgan fingerprint density at radius 2 is 1.77 bits per heavy atom. The van der Waals surface area contributed by atoms with Crippen LogP contribution in [0.15, 0.2) is 66.7 Å². The average Bonchev–Trinajstić information content (AvgIpc) is 3.32. The van der Waals surface area contributed by atoms with E-state index in [-0.39, 0.29) is 11.8 Å². The fourth-order valence-electron chi connectivity index (χ4n) is 4.26. The molecule has 178 valence electrons. The van der Waals surface area contributed by atoms with E-state index in [0.29, 0.717) is 53.2 Å². The minimum absolute atomic E-state index is 0.0289. The van der Waals surface area contributed by atoms with Crippen molar-refractivity contribution in [2.75, 3.05) is 18.0 Å². The second-order valence-electron chi connectivity index (χ2n) is 8.44. The van der Waals surface area contributed by atoms with Gasteiger partial charge in [0.05, 0.1) is 11.1 Å². The molecule has 2 atom stereocenters. The molecule has 3 N–H and O–H groups in total. The molecule has 0 radical (unpaired) electrons. The Kier molecular flexibility index (Phi) is 6.00. The van der Waals surface area contributed by atoms with Crippen LogP contribution < -0.4 is 10.2 Å². The summed E-state index contributed by atoms with van der Waals surface area (Å²) in [4.78, 5) is 23.7. The molecule has 0 bridgehead atoms. The first kappa shape index (κ1) is 22.7. The minimum Gasteiger partial charge on any atom is -0.507 e. The number of aliphatic hydroxyl groups excluding tert-OH is 1. The summed E-state index contributed by atoms with van der Waals surface area (Å²) in [7, 11) is 0. The molecule has 9 heteroatoms. The fourth-order valence-corrected chi connectivity index (χ4v) is 4.26. The van der Waals surface area contributed by atoms with E-state index in [2.05, 4.69) is 15.3 Å². The van der Waals surface area contributed by atoms with Gasteiger partial charge in [0.15, 0.2) is 11.9 Å². The molecule has 3 aromatic carbocycles. The standard InChI is InChI=1S/C26H22F2N4O3/c27-16-7-5-15(6-8-16)23(34)26(35)29-18-11-12-32(14-18)25-20-13-17(28)9-10-21(20)30-24(31-25)19-3-1-2-4-22(19)33/h1-10,13,18,23,33-34H,11-12,14H2,(H,29,35). The topological polar surface area (TPSA) is 98.6 Å². The summed E-state index contributed by atoms with van der Waals surface area (Å²) in [6.07, 6.45) is -0.847. The van der Waals surface area contributed by atoms with Crippen LogP contribution in [0.4, 0.5) is 14.6 Å². The van der Waals surface area contributed by atoms with E-state index >= 15 is 0 Å². The summed E-state index contributed by atoms with van der Waals surface area (Å²) in [6, 6.07) is 15.8. The van der Waals surface area contributed by atoms with Crippen molar-refractivity contribution < 1.29 is 23.8 Å². The van der Waals surface area contributed by atoms with E-state index in [1.807, 2.05) is 4.90 Å². The van der Waals surface area contributed by atoms with Crippen LogP contribution in [0.25, 0.3) is 22.3 Å². The summed E-state index contributed by atoms with van der Waals surface area (Å²) >= 11 is 0. The number of nitrogens with zero attached hydrogens (tertiary/aromatic N) is 3. The molecule has 2 heterocycles. The van der Waals surface area contributed by atoms with Gasteiger partial charge in [0.1, 0.15) is 23.2 Å². The van der Waals surface area contributed by atoms with Gasteiger partial charge in [-0.25, -0.2) is 18.7 Å². The highest BCUT2D eigenvalue weighted by Gasteiger charge is 2.29. The lowest BCUT2D eigenvalue weighted by Gasteiger charge is -2.21. The van der Waals surface area contributed by atoms with Crippen molar-refractivity contribution in [1.29, 1.82) is 0 Å². The van der Waals surface area contributed by atoms with Gasteiger partial charge >= 0.3 is 0 Å². The second-order valence-corrected chi connectivity index (χ2v) is 8.44. The SMILES string of the molecule is O=C(NC1CCN(c2nc(-c3ccccc3O)nc3ccc(F)cc23)C1)C(O)c1ccc(F)cc1. The Bertz CT molecular complexity index is 1400. The Balaban J connectivity index is 1.40. The number of hydrogen-bond donors (Lipinski definition) is 3. The number of rotatable bonds is 5. The summed E-state index contributed by atoms with van der Waals surface area (Å²) in [5.74, 6) is -0.646. The highest BCUT2D eigenvalue weighted by Crippen LogP contribution is 2.33. The number of aromatic hydroxyl groups is 1. The zero-order chi connectivity index (χ0) is 24.5. The maximum absolute atomic E-state index is 14.1. The lowest BCUT2D eigenvalue weighted by Crippen LogP contribution is -2.40. The predicted molar refractivity (Wildman–Crippen MR) is 127 cm³/mol. The van der Waals surface area contributed by atoms with Crippen LogP contribution in [-0.4, -0.2) is 45.2 Å². The monoisotopic (exact) mass is 476 g/mol. The molecule has 0 aliphatic carbocycles. The number of benzene rings is 3. The van der Waals surface area contributed by atoms with Crippen LogP contribution in [0, 0.1) is 11.6 Å². The number of nitrogens with one attached hydrogen (secondary N) is 1. The zero-order valence-electron chi connectivity index (χ0n) is 18.5. The van der Waals surface area contributed by atoms with Crippen LogP contribution >= 0.6 is 0 Å². The summed E-state index contributed by atoms with van der Waals surface area (Å²) in [6.45, 7) is 0.908. The van der Waals surface area contributed by atoms with Crippen molar-refractivity contribution in [3.05, 3.63) is 83.9 Å². The molecule has 1 aliphatic heterocycles. The second kappa shape index (κ2) is 9.27. The van der Waals surface area contributed by atoms with Crippen molar-refractivity contribution in [2.24, 2.45) is 0 Å². The molecule has 5 rings (SSSR count). The number of phenols is 1. The van der Waals surface area contributed by atoms with Crippen molar-refractivity contribution in [1.82, 2.24) is 15.3 Å². The quantitative estimate of drug-likeness (QED) is 0.406. The number of hydrogen-bond acceptors (Lipinski definition) is 6. The lowest BCUT2D eigenvalue weighted by atomic mass is 10.1.